The molecule has 0 aliphatic carbocycles. The van der Waals surface area contributed by atoms with Crippen molar-refractivity contribution in [1.29, 1.82) is 0 Å². The smallest absolute Gasteiger partial charge is 0.289 e. The van der Waals surface area contributed by atoms with E-state index in [0.717, 1.165) is 17.4 Å². The number of hydrogen-bond acceptors (Lipinski definition) is 6. The van der Waals surface area contributed by atoms with Crippen LogP contribution in [0.2, 0.25) is 9.49 Å². The number of nitrogens with one attached hydrogen (secondary N) is 1. The summed E-state index contributed by atoms with van der Waals surface area (Å²) < 4.78 is 0.132. The van der Waals surface area contributed by atoms with E-state index in [2.05, 4.69) is 15.5 Å². The van der Waals surface area contributed by atoms with Gasteiger partial charge < -0.3 is 5.32 Å². The zero-order valence-corrected chi connectivity index (χ0v) is 11.3. The zero-order chi connectivity index (χ0) is 14.0. The minimum atomic E-state index is -0.639. The highest BCUT2D eigenvalue weighted by Crippen LogP contribution is 2.27. The molecule has 0 aliphatic heterocycles. The van der Waals surface area contributed by atoms with Crippen molar-refractivity contribution in [3.05, 3.63) is 42.8 Å². The second-order valence-corrected chi connectivity index (χ2v) is 5.20. The number of nitrogens with zero attached hydrogens (tertiary/aromatic N) is 3. The Morgan fingerprint density at radius 2 is 2.11 bits per heavy atom. The number of nitro benzene ring substituents is 1. The fourth-order valence-electron chi connectivity index (χ4n) is 1.21. The summed E-state index contributed by atoms with van der Waals surface area (Å²) in [7, 11) is 0. The largest absolute Gasteiger partial charge is 0.320 e. The van der Waals surface area contributed by atoms with Gasteiger partial charge in [0.2, 0.25) is 9.47 Å². The normalized spacial score (nSPS) is 10.2. The van der Waals surface area contributed by atoms with E-state index in [1.807, 2.05) is 0 Å². The van der Waals surface area contributed by atoms with Gasteiger partial charge in [0.15, 0.2) is 0 Å². The lowest BCUT2D eigenvalue weighted by Crippen LogP contribution is -2.11. The molecule has 7 nitrogen and oxygen atoms in total. The van der Waals surface area contributed by atoms with Gasteiger partial charge in [-0.3, -0.25) is 14.9 Å². The first-order chi connectivity index (χ1) is 8.97. The third-order valence-corrected chi connectivity index (χ3v) is 3.33. The summed E-state index contributed by atoms with van der Waals surface area (Å²) in [4.78, 5) is 21.8. The standard InChI is InChI=1S/C9H4Cl2N4O3S/c10-5-2-1-4(3-6(5)15(17)18)12-7(16)8-13-14-9(11)19-8/h1-3H,(H,12,16). The number of benzene rings is 1. The van der Waals surface area contributed by atoms with Crippen molar-refractivity contribution in [1.82, 2.24) is 10.2 Å². The monoisotopic (exact) mass is 318 g/mol. The molecule has 98 valence electrons. The number of aromatic nitrogens is 2. The van der Waals surface area contributed by atoms with Gasteiger partial charge in [-0.25, -0.2) is 0 Å². The number of amides is 1. The van der Waals surface area contributed by atoms with E-state index in [9.17, 15) is 14.9 Å². The summed E-state index contributed by atoms with van der Waals surface area (Å²) in [5.74, 6) is -0.555. The maximum absolute atomic E-state index is 11.7. The molecular formula is C9H4Cl2N4O3S. The van der Waals surface area contributed by atoms with Crippen molar-refractivity contribution < 1.29 is 9.72 Å². The van der Waals surface area contributed by atoms with Gasteiger partial charge in [-0.15, -0.1) is 10.2 Å². The first-order valence-corrected chi connectivity index (χ1v) is 6.29. The number of hydrogen-bond donors (Lipinski definition) is 1. The van der Waals surface area contributed by atoms with E-state index in [1.54, 1.807) is 0 Å². The Morgan fingerprint density at radius 1 is 1.37 bits per heavy atom. The van der Waals surface area contributed by atoms with Gasteiger partial charge >= 0.3 is 0 Å². The molecule has 0 atom stereocenters. The van der Waals surface area contributed by atoms with Crippen LogP contribution in [0.1, 0.15) is 9.80 Å². The summed E-state index contributed by atoms with van der Waals surface area (Å²) in [5.41, 5.74) is -0.0674. The van der Waals surface area contributed by atoms with Gasteiger partial charge in [-0.05, 0) is 23.7 Å². The van der Waals surface area contributed by atoms with E-state index in [4.69, 9.17) is 23.2 Å². The third-order valence-electron chi connectivity index (χ3n) is 2.00. The maximum atomic E-state index is 11.7. The molecule has 0 aliphatic rings. The van der Waals surface area contributed by atoms with Crippen LogP contribution in [0, 0.1) is 10.1 Å². The van der Waals surface area contributed by atoms with Crippen molar-refractivity contribution in [2.24, 2.45) is 0 Å². The molecule has 0 spiro atoms. The number of halogens is 2. The molecule has 1 N–H and O–H groups in total. The molecule has 1 aromatic carbocycles. The zero-order valence-electron chi connectivity index (χ0n) is 8.96. The number of rotatable bonds is 3. The van der Waals surface area contributed by atoms with Gasteiger partial charge in [-0.2, -0.15) is 0 Å². The molecule has 2 aromatic rings. The van der Waals surface area contributed by atoms with E-state index in [1.165, 1.54) is 12.1 Å². The van der Waals surface area contributed by atoms with Gasteiger partial charge in [0.1, 0.15) is 5.02 Å². The van der Waals surface area contributed by atoms with Crippen LogP contribution >= 0.6 is 34.5 Å². The Morgan fingerprint density at radius 3 is 2.68 bits per heavy atom. The molecule has 0 unspecified atom stereocenters. The lowest BCUT2D eigenvalue weighted by atomic mass is 10.3. The van der Waals surface area contributed by atoms with Crippen molar-refractivity contribution >= 4 is 51.8 Å². The Balaban J connectivity index is 2.22. The molecular weight excluding hydrogens is 315 g/mol. The average molecular weight is 319 g/mol. The summed E-state index contributed by atoms with van der Waals surface area (Å²) in [6.45, 7) is 0. The van der Waals surface area contributed by atoms with Crippen molar-refractivity contribution in [2.75, 3.05) is 5.32 Å². The lowest BCUT2D eigenvalue weighted by molar-refractivity contribution is -0.384. The molecule has 0 saturated heterocycles. The van der Waals surface area contributed by atoms with Crippen LogP contribution in [0.5, 0.6) is 0 Å². The SMILES string of the molecule is O=C(Nc1ccc(Cl)c([N+](=O)[O-])c1)c1nnc(Cl)s1. The Kier molecular flexibility index (Phi) is 3.93. The van der Waals surface area contributed by atoms with Crippen LogP contribution in [0.15, 0.2) is 18.2 Å². The van der Waals surface area contributed by atoms with Gasteiger partial charge in [0.05, 0.1) is 4.92 Å². The molecule has 19 heavy (non-hydrogen) atoms. The number of carbonyl (C=O) groups is 1. The van der Waals surface area contributed by atoms with Crippen LogP contribution < -0.4 is 5.32 Å². The maximum Gasteiger partial charge on any atom is 0.289 e. The number of carbonyl (C=O) groups excluding carboxylic acids is 1. The van der Waals surface area contributed by atoms with Crippen molar-refractivity contribution in [2.45, 2.75) is 0 Å². The van der Waals surface area contributed by atoms with Crippen LogP contribution in [0.3, 0.4) is 0 Å². The molecule has 1 aromatic heterocycles. The molecule has 0 radical (unpaired) electrons. The highest BCUT2D eigenvalue weighted by molar-refractivity contribution is 7.17. The topological polar surface area (TPSA) is 98.0 Å². The lowest BCUT2D eigenvalue weighted by Gasteiger charge is -2.03. The Hall–Kier alpha value is -1.77. The molecule has 1 amide bonds. The van der Waals surface area contributed by atoms with Gasteiger partial charge in [0, 0.05) is 11.8 Å². The van der Waals surface area contributed by atoms with Crippen LogP contribution in [0.4, 0.5) is 11.4 Å². The summed E-state index contributed by atoms with van der Waals surface area (Å²) in [5, 5.41) is 20.2. The number of anilines is 1. The second-order valence-electron chi connectivity index (χ2n) is 3.24. The van der Waals surface area contributed by atoms with Gasteiger partial charge in [-0.1, -0.05) is 22.9 Å². The summed E-state index contributed by atoms with van der Waals surface area (Å²) in [6.07, 6.45) is 0. The second kappa shape index (κ2) is 5.47. The van der Waals surface area contributed by atoms with Crippen molar-refractivity contribution in [3.8, 4) is 0 Å². The third kappa shape index (κ3) is 3.16. The predicted octanol–water partition coefficient (Wildman–Crippen LogP) is 3.01. The van der Waals surface area contributed by atoms with E-state index < -0.39 is 10.8 Å². The van der Waals surface area contributed by atoms with E-state index in [-0.39, 0.29) is 25.9 Å². The average Bonchev–Trinajstić information content (AvgIpc) is 2.78. The summed E-state index contributed by atoms with van der Waals surface area (Å²) >= 11 is 12.1. The fraction of sp³-hybridized carbons (Fsp3) is 0. The first-order valence-electron chi connectivity index (χ1n) is 4.71. The van der Waals surface area contributed by atoms with E-state index >= 15 is 0 Å². The fourth-order valence-corrected chi connectivity index (χ4v) is 2.12. The molecule has 1 heterocycles. The minimum Gasteiger partial charge on any atom is -0.320 e. The van der Waals surface area contributed by atoms with Crippen LogP contribution in [0.25, 0.3) is 0 Å². The highest BCUT2D eigenvalue weighted by Gasteiger charge is 2.16. The van der Waals surface area contributed by atoms with Crippen LogP contribution in [-0.2, 0) is 0 Å². The van der Waals surface area contributed by atoms with Crippen molar-refractivity contribution in [3.63, 3.8) is 0 Å². The predicted molar refractivity (Wildman–Crippen MR) is 71.0 cm³/mol. The highest BCUT2D eigenvalue weighted by atomic mass is 35.5. The molecule has 10 heteroatoms. The molecule has 0 bridgehead atoms. The quantitative estimate of drug-likeness (QED) is 0.692. The first kappa shape index (κ1) is 13.7. The van der Waals surface area contributed by atoms with Crippen LogP contribution in [-0.4, -0.2) is 21.0 Å². The minimum absolute atomic E-state index is 0.0121. The Labute approximate surface area is 120 Å². The summed E-state index contributed by atoms with van der Waals surface area (Å²) in [6, 6.07) is 3.92. The Bertz CT molecular complexity index is 661. The molecule has 0 saturated carbocycles. The molecule has 0 fully saturated rings. The molecule has 2 rings (SSSR count). The van der Waals surface area contributed by atoms with Gasteiger partial charge in [0.25, 0.3) is 11.6 Å². The van der Waals surface area contributed by atoms with E-state index in [0.29, 0.717) is 0 Å². The number of nitro groups is 1.